The van der Waals surface area contributed by atoms with Gasteiger partial charge in [-0.1, -0.05) is 0 Å². The van der Waals surface area contributed by atoms with Crippen molar-refractivity contribution in [3.05, 3.63) is 0 Å². The Morgan fingerprint density at radius 3 is 1.32 bits per heavy atom. The lowest BCUT2D eigenvalue weighted by Crippen LogP contribution is -2.37. The maximum absolute atomic E-state index is 10.9. The molecule has 126 valence electrons. The van der Waals surface area contributed by atoms with Crippen LogP contribution in [0.5, 0.6) is 0 Å². The van der Waals surface area contributed by atoms with Gasteiger partial charge >= 0.3 is 0 Å². The summed E-state index contributed by atoms with van der Waals surface area (Å²) in [6.07, 6.45) is -0.224. The molecular weight excluding hydrogens is 331 g/mol. The van der Waals surface area contributed by atoms with Crippen LogP contribution in [0.1, 0.15) is 12.8 Å². The van der Waals surface area contributed by atoms with E-state index < -0.39 is 0 Å². The molecule has 0 spiro atoms. The summed E-state index contributed by atoms with van der Waals surface area (Å²) in [5, 5.41) is 28.0. The van der Waals surface area contributed by atoms with Crippen molar-refractivity contribution < 1.29 is 9.59 Å². The molecule has 0 aliphatic heterocycles. The number of carbonyl (C=O) groups is 2. The number of amides is 2. The van der Waals surface area contributed by atoms with Crippen molar-refractivity contribution in [2.45, 2.75) is 12.8 Å². The van der Waals surface area contributed by atoms with Gasteiger partial charge in [-0.15, -0.1) is 24.8 Å². The van der Waals surface area contributed by atoms with Gasteiger partial charge in [0, 0.05) is 39.3 Å². The molecule has 0 aromatic rings. The molecule has 0 saturated carbocycles. The third kappa shape index (κ3) is 18.4. The van der Waals surface area contributed by atoms with E-state index in [4.69, 9.17) is 10.5 Å². The first kappa shape index (κ1) is 25.4. The van der Waals surface area contributed by atoms with Crippen molar-refractivity contribution in [2.24, 2.45) is 0 Å². The van der Waals surface area contributed by atoms with Crippen LogP contribution in [-0.4, -0.2) is 51.1 Å². The van der Waals surface area contributed by atoms with Gasteiger partial charge in [-0.25, -0.2) is 0 Å². The van der Waals surface area contributed by atoms with E-state index in [0.717, 1.165) is 13.1 Å². The molecule has 0 heterocycles. The summed E-state index contributed by atoms with van der Waals surface area (Å²) in [7, 11) is 0. The Hall–Kier alpha value is -1.58. The zero-order chi connectivity index (χ0) is 15.1. The first-order chi connectivity index (χ1) is 9.70. The lowest BCUT2D eigenvalue weighted by atomic mass is 10.4. The molecule has 4 N–H and O–H groups in total. The van der Waals surface area contributed by atoms with Crippen LogP contribution in [0, 0.1) is 22.7 Å². The predicted octanol–water partition coefficient (Wildman–Crippen LogP) is -0.931. The summed E-state index contributed by atoms with van der Waals surface area (Å²) in [5.74, 6) is -0.527. The average Bonchev–Trinajstić information content (AvgIpc) is 2.41. The van der Waals surface area contributed by atoms with Gasteiger partial charge < -0.3 is 21.3 Å². The molecule has 8 nitrogen and oxygen atoms in total. The van der Waals surface area contributed by atoms with Gasteiger partial charge in [-0.2, -0.15) is 10.5 Å². The standard InChI is InChI=1S/C12H20N6O2.2ClH/c13-3-1-11(19)17-9-7-15-5-6-16-8-10-18-12(20)2-4-14;;/h15-16H,1-2,5-10H2,(H,17,19)(H,18,20);2*1H. The van der Waals surface area contributed by atoms with Gasteiger partial charge in [0.05, 0.1) is 12.1 Å². The van der Waals surface area contributed by atoms with Crippen LogP contribution in [0.3, 0.4) is 0 Å². The second kappa shape index (κ2) is 19.4. The van der Waals surface area contributed by atoms with Crippen LogP contribution in [-0.2, 0) is 9.59 Å². The average molecular weight is 353 g/mol. The molecule has 0 aliphatic rings. The number of nitriles is 2. The molecule has 10 heteroatoms. The van der Waals surface area contributed by atoms with Crippen molar-refractivity contribution in [2.75, 3.05) is 39.3 Å². The fourth-order valence-electron chi connectivity index (χ4n) is 1.28. The van der Waals surface area contributed by atoms with Crippen LogP contribution in [0.25, 0.3) is 0 Å². The maximum Gasteiger partial charge on any atom is 0.234 e. The zero-order valence-corrected chi connectivity index (χ0v) is 13.8. The van der Waals surface area contributed by atoms with Gasteiger partial charge in [0.1, 0.15) is 12.8 Å². The van der Waals surface area contributed by atoms with Crippen LogP contribution in [0.4, 0.5) is 0 Å². The van der Waals surface area contributed by atoms with Crippen LogP contribution < -0.4 is 21.3 Å². The van der Waals surface area contributed by atoms with E-state index >= 15 is 0 Å². The van der Waals surface area contributed by atoms with E-state index in [9.17, 15) is 9.59 Å². The Kier molecular flexibility index (Phi) is 22.4. The number of nitrogens with zero attached hydrogens (tertiary/aromatic N) is 2. The summed E-state index contributed by atoms with van der Waals surface area (Å²) in [4.78, 5) is 21.8. The number of hydrogen-bond donors (Lipinski definition) is 4. The molecule has 0 rings (SSSR count). The largest absolute Gasteiger partial charge is 0.354 e. The molecule has 0 bridgehead atoms. The number of carbonyl (C=O) groups excluding carboxylic acids is 2. The minimum Gasteiger partial charge on any atom is -0.354 e. The van der Waals surface area contributed by atoms with Gasteiger partial charge in [0.2, 0.25) is 11.8 Å². The Balaban J connectivity index is -0.00000180. The molecule has 2 amide bonds. The SMILES string of the molecule is Cl.Cl.N#CCC(=O)NCCNCCNCCNC(=O)CC#N. The summed E-state index contributed by atoms with van der Waals surface area (Å²) in [5.41, 5.74) is 0. The Morgan fingerprint density at radius 1 is 0.682 bits per heavy atom. The molecule has 22 heavy (non-hydrogen) atoms. The first-order valence-electron chi connectivity index (χ1n) is 6.39. The van der Waals surface area contributed by atoms with Crippen molar-refractivity contribution in [1.29, 1.82) is 10.5 Å². The summed E-state index contributed by atoms with van der Waals surface area (Å²) in [6, 6.07) is 3.55. The highest BCUT2D eigenvalue weighted by atomic mass is 35.5. The smallest absolute Gasteiger partial charge is 0.234 e. The molecule has 0 atom stereocenters. The van der Waals surface area contributed by atoms with Gasteiger partial charge in [0.25, 0.3) is 0 Å². The van der Waals surface area contributed by atoms with Crippen molar-refractivity contribution in [3.63, 3.8) is 0 Å². The number of rotatable bonds is 11. The third-order valence-electron chi connectivity index (χ3n) is 2.21. The van der Waals surface area contributed by atoms with Crippen molar-refractivity contribution >= 4 is 36.6 Å². The molecule has 0 aliphatic carbocycles. The molecule has 0 radical (unpaired) electrons. The van der Waals surface area contributed by atoms with Gasteiger partial charge in [-0.05, 0) is 0 Å². The maximum atomic E-state index is 10.9. The summed E-state index contributed by atoms with van der Waals surface area (Å²) in [6.45, 7) is 3.73. The van der Waals surface area contributed by atoms with E-state index in [2.05, 4.69) is 21.3 Å². The third-order valence-corrected chi connectivity index (χ3v) is 2.21. The zero-order valence-electron chi connectivity index (χ0n) is 12.2. The van der Waals surface area contributed by atoms with E-state index in [0.29, 0.717) is 26.2 Å². The lowest BCUT2D eigenvalue weighted by molar-refractivity contribution is -0.120. The molecule has 0 aromatic heterocycles. The van der Waals surface area contributed by atoms with Crippen molar-refractivity contribution in [1.82, 2.24) is 21.3 Å². The number of hydrogen-bond acceptors (Lipinski definition) is 6. The Bertz CT molecular complexity index is 345. The minimum absolute atomic E-state index is 0. The fourth-order valence-corrected chi connectivity index (χ4v) is 1.28. The minimum atomic E-state index is -0.263. The molecule has 0 unspecified atom stereocenters. The molecule has 0 aromatic carbocycles. The highest BCUT2D eigenvalue weighted by Crippen LogP contribution is 1.74. The van der Waals surface area contributed by atoms with Gasteiger partial charge in [0.15, 0.2) is 0 Å². The fraction of sp³-hybridized carbons (Fsp3) is 0.667. The molecule has 0 fully saturated rings. The van der Waals surface area contributed by atoms with Crippen LogP contribution in [0.15, 0.2) is 0 Å². The first-order valence-corrected chi connectivity index (χ1v) is 6.39. The number of halogens is 2. The predicted molar refractivity (Wildman–Crippen MR) is 86.7 cm³/mol. The van der Waals surface area contributed by atoms with E-state index in [1.54, 1.807) is 12.1 Å². The monoisotopic (exact) mass is 352 g/mol. The van der Waals surface area contributed by atoms with Crippen LogP contribution >= 0.6 is 24.8 Å². The lowest BCUT2D eigenvalue weighted by Gasteiger charge is -2.07. The summed E-state index contributed by atoms with van der Waals surface area (Å²) >= 11 is 0. The quantitative estimate of drug-likeness (QED) is 0.355. The topological polar surface area (TPSA) is 130 Å². The Morgan fingerprint density at radius 2 is 1.00 bits per heavy atom. The van der Waals surface area contributed by atoms with E-state index in [1.165, 1.54) is 0 Å². The highest BCUT2D eigenvalue weighted by molar-refractivity contribution is 5.85. The summed E-state index contributed by atoms with van der Waals surface area (Å²) < 4.78 is 0. The normalized spacial score (nSPS) is 8.45. The molecule has 0 saturated heterocycles. The number of nitrogens with one attached hydrogen (secondary N) is 4. The van der Waals surface area contributed by atoms with Gasteiger partial charge in [-0.3, -0.25) is 9.59 Å². The van der Waals surface area contributed by atoms with Crippen molar-refractivity contribution in [3.8, 4) is 12.1 Å². The Labute approximate surface area is 142 Å². The highest BCUT2D eigenvalue weighted by Gasteiger charge is 1.98. The molecular formula is C12H22Cl2N6O2. The van der Waals surface area contributed by atoms with E-state index in [-0.39, 0.29) is 49.5 Å². The second-order valence-corrected chi connectivity index (χ2v) is 3.87. The van der Waals surface area contributed by atoms with Crippen LogP contribution in [0.2, 0.25) is 0 Å². The second-order valence-electron chi connectivity index (χ2n) is 3.87. The van der Waals surface area contributed by atoms with E-state index in [1.807, 2.05) is 0 Å².